The molecule has 2 aromatic rings. The van der Waals surface area contributed by atoms with E-state index in [0.29, 0.717) is 6.54 Å². The van der Waals surface area contributed by atoms with Gasteiger partial charge in [0.2, 0.25) is 0 Å². The Balaban J connectivity index is 0.00000338. The van der Waals surface area contributed by atoms with Crippen molar-refractivity contribution < 1.29 is 26.0 Å². The average Bonchev–Trinajstić information content (AvgIpc) is 2.55. The van der Waals surface area contributed by atoms with Crippen molar-refractivity contribution in [1.29, 1.82) is 0 Å². The predicted molar refractivity (Wildman–Crippen MR) is 103 cm³/mol. The van der Waals surface area contributed by atoms with Crippen LogP contribution >= 0.6 is 7.60 Å². The van der Waals surface area contributed by atoms with E-state index >= 15 is 0 Å². The van der Waals surface area contributed by atoms with Gasteiger partial charge in [-0.1, -0.05) is 60.7 Å². The van der Waals surface area contributed by atoms with E-state index in [2.05, 4.69) is 5.32 Å². The lowest BCUT2D eigenvalue weighted by Crippen LogP contribution is -3.00. The van der Waals surface area contributed by atoms with Crippen LogP contribution in [0.4, 0.5) is 0 Å². The molecular formula is C20H28ClNO3P-. The van der Waals surface area contributed by atoms with Crippen molar-refractivity contribution in [2.45, 2.75) is 52.2 Å². The summed E-state index contributed by atoms with van der Waals surface area (Å²) in [5.74, 6) is -0.529. The van der Waals surface area contributed by atoms with Crippen molar-refractivity contribution in [1.82, 2.24) is 5.32 Å². The van der Waals surface area contributed by atoms with E-state index in [-0.39, 0.29) is 24.6 Å². The molecule has 1 unspecified atom stereocenters. The molecule has 0 saturated carbocycles. The van der Waals surface area contributed by atoms with Gasteiger partial charge in [0.15, 0.2) is 0 Å². The zero-order chi connectivity index (χ0) is 18.3. The minimum absolute atomic E-state index is 0. The molecule has 26 heavy (non-hydrogen) atoms. The molecule has 0 spiro atoms. The molecule has 0 aliphatic heterocycles. The Labute approximate surface area is 163 Å². The molecule has 0 bridgehead atoms. The lowest BCUT2D eigenvalue weighted by Gasteiger charge is -2.31. The SMILES string of the molecule is CC(C)OP(=O)(OC(C)C)C(NCc1ccccc1)c1ccccc1.[Cl-]. The predicted octanol–water partition coefficient (Wildman–Crippen LogP) is 2.52. The van der Waals surface area contributed by atoms with Gasteiger partial charge >= 0.3 is 7.60 Å². The van der Waals surface area contributed by atoms with Gasteiger partial charge in [0.05, 0.1) is 12.2 Å². The van der Waals surface area contributed by atoms with Crippen LogP contribution in [0.5, 0.6) is 0 Å². The highest BCUT2D eigenvalue weighted by Gasteiger charge is 2.38. The van der Waals surface area contributed by atoms with E-state index in [9.17, 15) is 4.57 Å². The van der Waals surface area contributed by atoms with Crippen molar-refractivity contribution in [3.8, 4) is 0 Å². The summed E-state index contributed by atoms with van der Waals surface area (Å²) in [5, 5.41) is 3.39. The quantitative estimate of drug-likeness (QED) is 0.662. The molecule has 1 atom stereocenters. The molecule has 1 N–H and O–H groups in total. The molecule has 0 amide bonds. The van der Waals surface area contributed by atoms with E-state index < -0.39 is 13.4 Å². The third kappa shape index (κ3) is 6.86. The topological polar surface area (TPSA) is 47.6 Å². The molecule has 2 aromatic carbocycles. The maximum Gasteiger partial charge on any atom is 0.352 e. The monoisotopic (exact) mass is 396 g/mol. The minimum atomic E-state index is -3.41. The second-order valence-corrected chi connectivity index (χ2v) is 8.55. The Morgan fingerprint density at radius 1 is 0.846 bits per heavy atom. The molecule has 0 saturated heterocycles. The zero-order valence-corrected chi connectivity index (χ0v) is 17.4. The van der Waals surface area contributed by atoms with Crippen LogP contribution in [0.3, 0.4) is 0 Å². The van der Waals surface area contributed by atoms with Gasteiger partial charge in [-0.3, -0.25) is 9.88 Å². The van der Waals surface area contributed by atoms with Crippen LogP contribution in [0.2, 0.25) is 0 Å². The minimum Gasteiger partial charge on any atom is -1.00 e. The Hall–Kier alpha value is -1.16. The van der Waals surface area contributed by atoms with E-state index in [1.54, 1.807) is 0 Å². The molecule has 4 nitrogen and oxygen atoms in total. The summed E-state index contributed by atoms with van der Waals surface area (Å²) in [4.78, 5) is 0. The maximum absolute atomic E-state index is 13.6. The van der Waals surface area contributed by atoms with Crippen molar-refractivity contribution in [2.24, 2.45) is 0 Å². The van der Waals surface area contributed by atoms with Crippen molar-refractivity contribution in [3.05, 3.63) is 71.8 Å². The van der Waals surface area contributed by atoms with Gasteiger partial charge in [0, 0.05) is 6.54 Å². The molecule has 0 aliphatic carbocycles. The van der Waals surface area contributed by atoms with Gasteiger partial charge in [-0.05, 0) is 38.8 Å². The highest BCUT2D eigenvalue weighted by Crippen LogP contribution is 2.61. The first-order valence-electron chi connectivity index (χ1n) is 8.69. The second-order valence-electron chi connectivity index (χ2n) is 6.53. The standard InChI is InChI=1S/C20H28NO3P.ClH/c1-16(2)23-25(22,24-17(3)4)20(19-13-9-6-10-14-19)21-15-18-11-7-5-8-12-18;/h5-14,16-17,20-21H,15H2,1-4H3;1H/p-1. The summed E-state index contributed by atoms with van der Waals surface area (Å²) >= 11 is 0. The first-order valence-corrected chi connectivity index (χ1v) is 10.3. The largest absolute Gasteiger partial charge is 1.00 e. The normalized spacial score (nSPS) is 12.8. The summed E-state index contributed by atoms with van der Waals surface area (Å²) in [6.07, 6.45) is -0.399. The van der Waals surface area contributed by atoms with E-state index in [4.69, 9.17) is 9.05 Å². The smallest absolute Gasteiger partial charge is 0.352 e. The van der Waals surface area contributed by atoms with Crippen LogP contribution in [-0.4, -0.2) is 12.2 Å². The fourth-order valence-corrected chi connectivity index (χ4v) is 4.91. The number of hydrogen-bond acceptors (Lipinski definition) is 4. The van der Waals surface area contributed by atoms with Gasteiger partial charge in [0.25, 0.3) is 0 Å². The fourth-order valence-electron chi connectivity index (χ4n) is 2.59. The van der Waals surface area contributed by atoms with Gasteiger partial charge < -0.3 is 21.5 Å². The molecule has 144 valence electrons. The Morgan fingerprint density at radius 2 is 1.31 bits per heavy atom. The number of rotatable bonds is 9. The molecule has 6 heteroatoms. The van der Waals surface area contributed by atoms with Crippen molar-refractivity contribution in [2.75, 3.05) is 0 Å². The van der Waals surface area contributed by atoms with Crippen LogP contribution in [0.15, 0.2) is 60.7 Å². The Kier molecular flexibility index (Phi) is 9.56. The average molecular weight is 397 g/mol. The summed E-state index contributed by atoms with van der Waals surface area (Å²) in [6, 6.07) is 19.7. The van der Waals surface area contributed by atoms with E-state index in [1.807, 2.05) is 88.4 Å². The molecule has 0 fully saturated rings. The fraction of sp³-hybridized carbons (Fsp3) is 0.400. The van der Waals surface area contributed by atoms with E-state index in [0.717, 1.165) is 11.1 Å². The second kappa shape index (κ2) is 10.9. The molecule has 0 aromatic heterocycles. The first-order chi connectivity index (χ1) is 11.9. The maximum atomic E-state index is 13.6. The summed E-state index contributed by atoms with van der Waals surface area (Å²) in [5.41, 5.74) is 2.01. The highest BCUT2D eigenvalue weighted by atomic mass is 35.5. The van der Waals surface area contributed by atoms with Gasteiger partial charge in [-0.15, -0.1) is 0 Å². The van der Waals surface area contributed by atoms with Crippen molar-refractivity contribution in [3.63, 3.8) is 0 Å². The Bertz CT molecular complexity index is 666. The van der Waals surface area contributed by atoms with Gasteiger partial charge in [-0.25, -0.2) is 0 Å². The van der Waals surface area contributed by atoms with Crippen LogP contribution in [0.1, 0.15) is 44.6 Å². The first kappa shape index (κ1) is 22.9. The molecule has 0 radical (unpaired) electrons. The number of benzene rings is 2. The van der Waals surface area contributed by atoms with Crippen LogP contribution in [0.25, 0.3) is 0 Å². The van der Waals surface area contributed by atoms with Gasteiger partial charge in [-0.2, -0.15) is 0 Å². The number of nitrogens with one attached hydrogen (secondary N) is 1. The summed E-state index contributed by atoms with van der Waals surface area (Å²) in [7, 11) is -3.41. The van der Waals surface area contributed by atoms with Crippen LogP contribution in [-0.2, 0) is 20.2 Å². The lowest BCUT2D eigenvalue weighted by atomic mass is 10.2. The third-order valence-electron chi connectivity index (χ3n) is 3.49. The molecule has 0 heterocycles. The highest BCUT2D eigenvalue weighted by molar-refractivity contribution is 7.54. The van der Waals surface area contributed by atoms with Gasteiger partial charge in [0.1, 0.15) is 5.78 Å². The van der Waals surface area contributed by atoms with Crippen LogP contribution in [0, 0.1) is 0 Å². The summed E-state index contributed by atoms with van der Waals surface area (Å²) in [6.45, 7) is 8.06. The zero-order valence-electron chi connectivity index (χ0n) is 15.8. The molecule has 2 rings (SSSR count). The third-order valence-corrected chi connectivity index (χ3v) is 6.03. The lowest BCUT2D eigenvalue weighted by molar-refractivity contribution is -0.0000145. The number of halogens is 1. The summed E-state index contributed by atoms with van der Waals surface area (Å²) < 4.78 is 25.3. The number of hydrogen-bond donors (Lipinski definition) is 1. The van der Waals surface area contributed by atoms with Crippen LogP contribution < -0.4 is 17.7 Å². The molecular weight excluding hydrogens is 369 g/mol. The van der Waals surface area contributed by atoms with E-state index in [1.165, 1.54) is 0 Å². The van der Waals surface area contributed by atoms with Crippen molar-refractivity contribution >= 4 is 7.60 Å². The molecule has 0 aliphatic rings. The Morgan fingerprint density at radius 3 is 1.77 bits per heavy atom.